The van der Waals surface area contributed by atoms with E-state index in [-0.39, 0.29) is 12.0 Å². The molecule has 2 aromatic carbocycles. The van der Waals surface area contributed by atoms with Crippen molar-refractivity contribution in [1.82, 2.24) is 14.5 Å². The Balaban J connectivity index is 0.000000523. The Morgan fingerprint density at radius 1 is 1.25 bits per heavy atom. The Labute approximate surface area is 188 Å². The third-order valence-electron chi connectivity index (χ3n) is 5.55. The number of amides is 1. The number of carbonyl (C=O) groups excluding carboxylic acids is 1. The Morgan fingerprint density at radius 3 is 2.47 bits per heavy atom. The lowest BCUT2D eigenvalue weighted by Crippen LogP contribution is -2.25. The van der Waals surface area contributed by atoms with Crippen LogP contribution in [0.2, 0.25) is 0 Å². The zero-order valence-electron chi connectivity index (χ0n) is 19.2. The summed E-state index contributed by atoms with van der Waals surface area (Å²) in [6.07, 6.45) is 2.35. The minimum absolute atomic E-state index is 0.00458. The van der Waals surface area contributed by atoms with Gasteiger partial charge in [-0.15, -0.1) is 0 Å². The normalized spacial score (nSPS) is 15.4. The third kappa shape index (κ3) is 4.94. The molecule has 0 fully saturated rings. The number of carbonyl (C=O) groups is 1. The number of ether oxygens (including phenoxy) is 1. The van der Waals surface area contributed by atoms with E-state index in [4.69, 9.17) is 14.3 Å². The van der Waals surface area contributed by atoms with Gasteiger partial charge >= 0.3 is 0 Å². The van der Waals surface area contributed by atoms with Crippen molar-refractivity contribution in [2.24, 2.45) is 7.05 Å². The summed E-state index contributed by atoms with van der Waals surface area (Å²) in [4.78, 5) is 19.2. The van der Waals surface area contributed by atoms with Gasteiger partial charge in [0.1, 0.15) is 17.4 Å². The predicted molar refractivity (Wildman–Crippen MR) is 124 cm³/mol. The molecule has 9 heteroatoms. The summed E-state index contributed by atoms with van der Waals surface area (Å²) in [6, 6.07) is 10.3. The van der Waals surface area contributed by atoms with Gasteiger partial charge < -0.3 is 14.2 Å². The number of benzene rings is 2. The van der Waals surface area contributed by atoms with Crippen LogP contribution in [0.15, 0.2) is 30.3 Å². The monoisotopic (exact) mass is 459 g/mol. The maximum atomic E-state index is 12.8. The van der Waals surface area contributed by atoms with Crippen LogP contribution in [0.1, 0.15) is 45.4 Å². The van der Waals surface area contributed by atoms with Crippen LogP contribution in [0.5, 0.6) is 5.75 Å². The number of fused-ring (bicyclic) bond motifs is 3. The van der Waals surface area contributed by atoms with E-state index in [2.05, 4.69) is 19.1 Å². The summed E-state index contributed by atoms with van der Waals surface area (Å²) in [5.74, 6) is 1.68. The van der Waals surface area contributed by atoms with Gasteiger partial charge in [0.05, 0.1) is 11.8 Å². The van der Waals surface area contributed by atoms with Crippen LogP contribution in [-0.2, 0) is 23.6 Å². The number of aryl methyl sites for hydroxylation is 3. The molecule has 0 radical (unpaired) electrons. The molecule has 8 nitrogen and oxygen atoms in total. The summed E-state index contributed by atoms with van der Waals surface area (Å²) >= 11 is 0. The van der Waals surface area contributed by atoms with Gasteiger partial charge in [0.15, 0.2) is 5.75 Å². The SMILES string of the molecule is CS(=O)(=O)O.Cc1ccccc1[C@@H]1CCc2c(C(=O)N(C)C)cc3c(nc(C)n3C)c2O1. The summed E-state index contributed by atoms with van der Waals surface area (Å²) < 4.78 is 34.4. The number of imidazole rings is 1. The Kier molecular flexibility index (Phi) is 6.61. The highest BCUT2D eigenvalue weighted by Crippen LogP contribution is 2.42. The van der Waals surface area contributed by atoms with Gasteiger partial charge in [-0.1, -0.05) is 24.3 Å². The molecule has 4 rings (SSSR count). The minimum Gasteiger partial charge on any atom is -0.483 e. The van der Waals surface area contributed by atoms with Crippen molar-refractivity contribution in [2.45, 2.75) is 32.8 Å². The van der Waals surface area contributed by atoms with Crippen molar-refractivity contribution >= 4 is 27.1 Å². The van der Waals surface area contributed by atoms with Gasteiger partial charge in [0, 0.05) is 32.3 Å². The largest absolute Gasteiger partial charge is 0.483 e. The van der Waals surface area contributed by atoms with Crippen LogP contribution in [0.25, 0.3) is 11.0 Å². The van der Waals surface area contributed by atoms with Gasteiger partial charge in [0.25, 0.3) is 16.0 Å². The zero-order chi connectivity index (χ0) is 23.8. The molecule has 1 aliphatic rings. The van der Waals surface area contributed by atoms with E-state index in [0.717, 1.165) is 41.0 Å². The predicted octanol–water partition coefficient (Wildman–Crippen LogP) is 3.46. The number of hydrogen-bond acceptors (Lipinski definition) is 5. The van der Waals surface area contributed by atoms with Crippen molar-refractivity contribution in [3.05, 3.63) is 58.4 Å². The summed E-state index contributed by atoms with van der Waals surface area (Å²) in [7, 11) is 1.88. The van der Waals surface area contributed by atoms with E-state index in [1.54, 1.807) is 19.0 Å². The van der Waals surface area contributed by atoms with Crippen LogP contribution >= 0.6 is 0 Å². The van der Waals surface area contributed by atoms with Crippen molar-refractivity contribution in [1.29, 1.82) is 0 Å². The van der Waals surface area contributed by atoms with Crippen LogP contribution in [0, 0.1) is 13.8 Å². The lowest BCUT2D eigenvalue weighted by molar-refractivity contribution is 0.0823. The maximum absolute atomic E-state index is 12.8. The highest BCUT2D eigenvalue weighted by atomic mass is 32.2. The van der Waals surface area contributed by atoms with Gasteiger partial charge in [-0.3, -0.25) is 9.35 Å². The fourth-order valence-corrected chi connectivity index (χ4v) is 3.90. The van der Waals surface area contributed by atoms with Crippen LogP contribution in [0.3, 0.4) is 0 Å². The average Bonchev–Trinajstić information content (AvgIpc) is 3.00. The molecule has 0 spiro atoms. The second kappa shape index (κ2) is 8.91. The standard InChI is InChI=1S/C22H25N3O2.CH4O3S/c1-13-8-6-7-9-15(13)19-11-10-16-17(22(26)24(3)4)12-18-20(21(16)27-19)23-14(2)25(18)5;1-5(2,3)4/h6-9,12,19H,10-11H2,1-5H3;1H3,(H,2,3,4)/t19-;/m0./s1. The summed E-state index contributed by atoms with van der Waals surface area (Å²) in [5.41, 5.74) is 5.89. The van der Waals surface area contributed by atoms with Gasteiger partial charge in [0.2, 0.25) is 0 Å². The lowest BCUT2D eigenvalue weighted by atomic mass is 9.91. The van der Waals surface area contributed by atoms with E-state index in [9.17, 15) is 13.2 Å². The molecule has 1 aliphatic heterocycles. The van der Waals surface area contributed by atoms with Crippen LogP contribution < -0.4 is 4.74 Å². The van der Waals surface area contributed by atoms with Crippen molar-refractivity contribution in [2.75, 3.05) is 20.4 Å². The van der Waals surface area contributed by atoms with Crippen molar-refractivity contribution < 1.29 is 22.5 Å². The smallest absolute Gasteiger partial charge is 0.261 e. The average molecular weight is 460 g/mol. The summed E-state index contributed by atoms with van der Waals surface area (Å²) in [6.45, 7) is 4.09. The molecular weight excluding hydrogens is 430 g/mol. The molecule has 0 aliphatic carbocycles. The lowest BCUT2D eigenvalue weighted by Gasteiger charge is -2.29. The first-order chi connectivity index (χ1) is 14.9. The van der Waals surface area contributed by atoms with Gasteiger partial charge in [-0.2, -0.15) is 8.42 Å². The van der Waals surface area contributed by atoms with E-state index < -0.39 is 10.1 Å². The molecule has 1 aromatic heterocycles. The van der Waals surface area contributed by atoms with E-state index in [1.165, 1.54) is 11.1 Å². The topological polar surface area (TPSA) is 102 Å². The van der Waals surface area contributed by atoms with Crippen molar-refractivity contribution in [3.63, 3.8) is 0 Å². The number of aromatic nitrogens is 2. The quantitative estimate of drug-likeness (QED) is 0.589. The second-order valence-electron chi connectivity index (χ2n) is 8.25. The fraction of sp³-hybridized carbons (Fsp3) is 0.391. The fourth-order valence-electron chi connectivity index (χ4n) is 3.90. The highest BCUT2D eigenvalue weighted by molar-refractivity contribution is 7.85. The van der Waals surface area contributed by atoms with Gasteiger partial charge in [-0.25, -0.2) is 4.98 Å². The molecule has 3 aromatic rings. The zero-order valence-corrected chi connectivity index (χ0v) is 20.0. The van der Waals surface area contributed by atoms with E-state index in [1.807, 2.05) is 36.7 Å². The highest BCUT2D eigenvalue weighted by Gasteiger charge is 2.30. The molecule has 1 atom stereocenters. The molecule has 0 bridgehead atoms. The molecule has 0 unspecified atom stereocenters. The first-order valence-electron chi connectivity index (χ1n) is 10.2. The van der Waals surface area contributed by atoms with Gasteiger partial charge in [-0.05, 0) is 43.9 Å². The maximum Gasteiger partial charge on any atom is 0.261 e. The summed E-state index contributed by atoms with van der Waals surface area (Å²) in [5, 5.41) is 0. The molecule has 1 amide bonds. The molecule has 0 saturated heterocycles. The first kappa shape index (κ1) is 23.7. The van der Waals surface area contributed by atoms with E-state index in [0.29, 0.717) is 11.8 Å². The number of hydrogen-bond donors (Lipinski definition) is 1. The van der Waals surface area contributed by atoms with E-state index >= 15 is 0 Å². The Morgan fingerprint density at radius 2 is 1.88 bits per heavy atom. The Hall–Kier alpha value is -2.91. The number of rotatable bonds is 2. The molecule has 172 valence electrons. The molecule has 2 heterocycles. The number of nitrogens with zero attached hydrogens (tertiary/aromatic N) is 3. The minimum atomic E-state index is -3.67. The Bertz CT molecular complexity index is 1270. The van der Waals surface area contributed by atoms with Crippen molar-refractivity contribution in [3.8, 4) is 5.75 Å². The first-order valence-corrected chi connectivity index (χ1v) is 12.1. The second-order valence-corrected chi connectivity index (χ2v) is 9.72. The van der Waals surface area contributed by atoms with Crippen LogP contribution in [-0.4, -0.2) is 53.7 Å². The molecule has 1 N–H and O–H groups in total. The molecule has 0 saturated carbocycles. The third-order valence-corrected chi connectivity index (χ3v) is 5.55. The van der Waals surface area contributed by atoms with Crippen LogP contribution in [0.4, 0.5) is 0 Å². The molecule has 32 heavy (non-hydrogen) atoms. The molecular formula is C23H29N3O5S.